The monoisotopic (exact) mass is 286 g/mol. The molecule has 0 radical (unpaired) electrons. The molecule has 1 aromatic rings. The largest absolute Gasteiger partial charge is 0.384 e. The summed E-state index contributed by atoms with van der Waals surface area (Å²) in [5.41, 5.74) is 6.03. The van der Waals surface area contributed by atoms with E-state index < -0.39 is 0 Å². The Morgan fingerprint density at radius 2 is 2.33 bits per heavy atom. The van der Waals surface area contributed by atoms with Gasteiger partial charge in [0.15, 0.2) is 0 Å². The van der Waals surface area contributed by atoms with Gasteiger partial charge in [0, 0.05) is 30.6 Å². The average molecular weight is 287 g/mol. The number of thioether (sulfide) groups is 1. The van der Waals surface area contributed by atoms with Crippen molar-refractivity contribution in [2.75, 3.05) is 24.0 Å². The van der Waals surface area contributed by atoms with E-state index in [0.717, 1.165) is 12.2 Å². The maximum atomic E-state index is 7.49. The van der Waals surface area contributed by atoms with Crippen LogP contribution in [-0.2, 0) is 0 Å². The Hall–Kier alpha value is -0.940. The molecule has 3 N–H and O–H groups in total. The first-order valence-corrected chi connectivity index (χ1v) is 7.50. The molecule has 0 amide bonds. The van der Waals surface area contributed by atoms with Crippen molar-refractivity contribution in [2.24, 2.45) is 5.73 Å². The minimum Gasteiger partial charge on any atom is -0.384 e. The number of halogens is 1. The lowest BCUT2D eigenvalue weighted by Gasteiger charge is -2.28. The summed E-state index contributed by atoms with van der Waals surface area (Å²) >= 11 is 8.06. The van der Waals surface area contributed by atoms with Gasteiger partial charge >= 0.3 is 0 Å². The van der Waals surface area contributed by atoms with Gasteiger partial charge in [-0.25, -0.2) is 4.98 Å². The summed E-state index contributed by atoms with van der Waals surface area (Å²) < 4.78 is 0. The summed E-state index contributed by atoms with van der Waals surface area (Å²) in [7, 11) is 1.97. The highest BCUT2D eigenvalue weighted by molar-refractivity contribution is 7.98. The fourth-order valence-corrected chi connectivity index (χ4v) is 2.95. The molecule has 0 aliphatic heterocycles. The summed E-state index contributed by atoms with van der Waals surface area (Å²) in [4.78, 5) is 6.37. The molecule has 0 aromatic carbocycles. The third-order valence-corrected chi connectivity index (χ3v) is 3.96. The Balaban J connectivity index is 3.08. The number of hydrogen-bond donors (Lipinski definition) is 2. The van der Waals surface area contributed by atoms with Gasteiger partial charge in [-0.1, -0.05) is 18.5 Å². The van der Waals surface area contributed by atoms with Crippen LogP contribution in [0.15, 0.2) is 12.3 Å². The van der Waals surface area contributed by atoms with Crippen LogP contribution in [0.1, 0.15) is 18.9 Å². The minimum absolute atomic E-state index is 0.0324. The van der Waals surface area contributed by atoms with E-state index in [1.165, 1.54) is 0 Å². The molecule has 0 saturated carbocycles. The van der Waals surface area contributed by atoms with E-state index in [1.54, 1.807) is 24.0 Å². The van der Waals surface area contributed by atoms with Gasteiger partial charge in [-0.2, -0.15) is 11.8 Å². The van der Waals surface area contributed by atoms with Crippen LogP contribution in [0.3, 0.4) is 0 Å². The summed E-state index contributed by atoms with van der Waals surface area (Å²) in [5, 5.41) is 7.94. The van der Waals surface area contributed by atoms with Gasteiger partial charge in [0.05, 0.1) is 5.02 Å². The molecular weight excluding hydrogens is 268 g/mol. The quantitative estimate of drug-likeness (QED) is 0.623. The van der Waals surface area contributed by atoms with Gasteiger partial charge in [-0.3, -0.25) is 5.41 Å². The number of pyridine rings is 1. The zero-order valence-corrected chi connectivity index (χ0v) is 12.5. The molecule has 1 unspecified atom stereocenters. The van der Waals surface area contributed by atoms with Gasteiger partial charge in [0.1, 0.15) is 11.7 Å². The molecule has 1 heterocycles. The normalized spacial score (nSPS) is 12.2. The highest BCUT2D eigenvalue weighted by atomic mass is 35.5. The zero-order chi connectivity index (χ0) is 13.7. The maximum absolute atomic E-state index is 7.49. The van der Waals surface area contributed by atoms with E-state index in [0.29, 0.717) is 22.4 Å². The highest BCUT2D eigenvalue weighted by Gasteiger charge is 2.18. The number of rotatable bonds is 6. The van der Waals surface area contributed by atoms with Crippen LogP contribution in [0, 0.1) is 5.41 Å². The van der Waals surface area contributed by atoms with Crippen LogP contribution in [0.5, 0.6) is 0 Å². The van der Waals surface area contributed by atoms with Crippen molar-refractivity contribution >= 4 is 35.0 Å². The minimum atomic E-state index is -0.0324. The number of nitrogens with zero attached hydrogens (tertiary/aromatic N) is 2. The highest BCUT2D eigenvalue weighted by Crippen LogP contribution is 2.28. The SMILES string of the molecule is CCC(CSC)N(C)c1nccc(C(=N)N)c1Cl. The van der Waals surface area contributed by atoms with E-state index in [1.807, 2.05) is 7.05 Å². The van der Waals surface area contributed by atoms with Gasteiger partial charge in [-0.15, -0.1) is 0 Å². The molecule has 0 fully saturated rings. The van der Waals surface area contributed by atoms with E-state index in [4.69, 9.17) is 22.7 Å². The molecule has 0 bridgehead atoms. The van der Waals surface area contributed by atoms with Crippen LogP contribution in [0.2, 0.25) is 5.02 Å². The Bertz CT molecular complexity index is 425. The van der Waals surface area contributed by atoms with Crippen molar-refractivity contribution in [3.63, 3.8) is 0 Å². The Morgan fingerprint density at radius 3 is 2.83 bits per heavy atom. The predicted molar refractivity (Wildman–Crippen MR) is 81.1 cm³/mol. The van der Waals surface area contributed by atoms with Crippen LogP contribution in [0.25, 0.3) is 0 Å². The Morgan fingerprint density at radius 1 is 1.67 bits per heavy atom. The standard InChI is InChI=1S/C12H19ClN4S/c1-4-8(7-18-3)17(2)12-10(13)9(11(14)15)5-6-16-12/h5-6,8H,4,7H2,1-3H3,(H3,14,15). The third kappa shape index (κ3) is 3.29. The van der Waals surface area contributed by atoms with Crippen molar-refractivity contribution in [1.29, 1.82) is 5.41 Å². The number of anilines is 1. The lowest BCUT2D eigenvalue weighted by molar-refractivity contribution is 0.666. The fourth-order valence-electron chi connectivity index (χ4n) is 1.76. The van der Waals surface area contributed by atoms with Gasteiger partial charge in [0.25, 0.3) is 0 Å². The number of amidine groups is 1. The Kier molecular flexibility index (Phi) is 5.75. The number of nitrogens with one attached hydrogen (secondary N) is 1. The second-order valence-corrected chi connectivity index (χ2v) is 5.33. The van der Waals surface area contributed by atoms with Crippen LogP contribution in [-0.4, -0.2) is 35.9 Å². The molecule has 0 spiro atoms. The summed E-state index contributed by atoms with van der Waals surface area (Å²) in [6, 6.07) is 2.03. The van der Waals surface area contributed by atoms with Crippen molar-refractivity contribution in [2.45, 2.75) is 19.4 Å². The van der Waals surface area contributed by atoms with Crippen molar-refractivity contribution < 1.29 is 0 Å². The number of aromatic nitrogens is 1. The van der Waals surface area contributed by atoms with Crippen LogP contribution in [0.4, 0.5) is 5.82 Å². The van der Waals surface area contributed by atoms with Crippen LogP contribution >= 0.6 is 23.4 Å². The molecule has 18 heavy (non-hydrogen) atoms. The first kappa shape index (κ1) is 15.1. The summed E-state index contributed by atoms with van der Waals surface area (Å²) in [6.45, 7) is 2.14. The molecule has 100 valence electrons. The lowest BCUT2D eigenvalue weighted by Crippen LogP contribution is -2.34. The molecule has 1 atom stereocenters. The second-order valence-electron chi connectivity index (χ2n) is 4.04. The van der Waals surface area contributed by atoms with Gasteiger partial charge in [-0.05, 0) is 18.7 Å². The summed E-state index contributed by atoms with van der Waals surface area (Å²) in [6.07, 6.45) is 4.73. The lowest BCUT2D eigenvalue weighted by atomic mass is 10.2. The molecule has 1 aromatic heterocycles. The van der Waals surface area contributed by atoms with E-state index in [-0.39, 0.29) is 5.84 Å². The fraction of sp³-hybridized carbons (Fsp3) is 0.500. The average Bonchev–Trinajstić information content (AvgIpc) is 2.35. The Labute approximate surface area is 117 Å². The molecular formula is C12H19ClN4S. The van der Waals surface area contributed by atoms with E-state index >= 15 is 0 Å². The van der Waals surface area contributed by atoms with E-state index in [9.17, 15) is 0 Å². The maximum Gasteiger partial charge on any atom is 0.148 e. The zero-order valence-electron chi connectivity index (χ0n) is 10.9. The number of nitrogens with two attached hydrogens (primary N) is 1. The number of nitrogen functional groups attached to an aromatic ring is 1. The van der Waals surface area contributed by atoms with Crippen molar-refractivity contribution in [1.82, 2.24) is 4.98 Å². The first-order valence-electron chi connectivity index (χ1n) is 5.73. The second kappa shape index (κ2) is 6.85. The van der Waals surface area contributed by atoms with Crippen molar-refractivity contribution in [3.8, 4) is 0 Å². The first-order chi connectivity index (χ1) is 8.52. The van der Waals surface area contributed by atoms with Gasteiger partial charge in [0.2, 0.25) is 0 Å². The molecule has 4 nitrogen and oxygen atoms in total. The van der Waals surface area contributed by atoms with Crippen molar-refractivity contribution in [3.05, 3.63) is 22.8 Å². The molecule has 0 saturated heterocycles. The number of hydrogen-bond acceptors (Lipinski definition) is 4. The third-order valence-electron chi connectivity index (χ3n) is 2.87. The van der Waals surface area contributed by atoms with Crippen LogP contribution < -0.4 is 10.6 Å². The molecule has 6 heteroatoms. The van der Waals surface area contributed by atoms with Gasteiger partial charge < -0.3 is 10.6 Å². The van der Waals surface area contributed by atoms with E-state index in [2.05, 4.69) is 23.1 Å². The topological polar surface area (TPSA) is 66.0 Å². The summed E-state index contributed by atoms with van der Waals surface area (Å²) in [5.74, 6) is 1.66. The molecule has 1 rings (SSSR count). The molecule has 0 aliphatic carbocycles. The molecule has 0 aliphatic rings. The predicted octanol–water partition coefficient (Wildman–Crippen LogP) is 2.60. The smallest absolute Gasteiger partial charge is 0.148 e.